The van der Waals surface area contributed by atoms with E-state index in [2.05, 4.69) is 17.6 Å². The van der Waals surface area contributed by atoms with Crippen molar-refractivity contribution in [1.82, 2.24) is 5.32 Å². The molecule has 30 heavy (non-hydrogen) atoms. The Morgan fingerprint density at radius 3 is 2.67 bits per heavy atom. The van der Waals surface area contributed by atoms with E-state index in [0.29, 0.717) is 23.7 Å². The van der Waals surface area contributed by atoms with Crippen molar-refractivity contribution in [3.8, 4) is 11.5 Å². The molecular formula is C24H31N3O3. The summed E-state index contributed by atoms with van der Waals surface area (Å²) in [4.78, 5) is 12.1. The Balaban J connectivity index is 1.98. The first kappa shape index (κ1) is 23.0. The van der Waals surface area contributed by atoms with Gasteiger partial charge in [-0.25, -0.2) is 4.79 Å². The number of rotatable bonds is 10. The summed E-state index contributed by atoms with van der Waals surface area (Å²) in [5.41, 5.74) is 9.28. The first-order valence-electron chi connectivity index (χ1n) is 10.1. The van der Waals surface area contributed by atoms with Crippen LogP contribution in [0.15, 0.2) is 66.3 Å². The Morgan fingerprint density at radius 1 is 1.13 bits per heavy atom. The molecule has 0 aliphatic carbocycles. The Labute approximate surface area is 178 Å². The van der Waals surface area contributed by atoms with Gasteiger partial charge in [0.2, 0.25) is 0 Å². The highest BCUT2D eigenvalue weighted by atomic mass is 16.5. The summed E-state index contributed by atoms with van der Waals surface area (Å²) in [5.74, 6) is 1.29. The van der Waals surface area contributed by atoms with E-state index in [-0.39, 0.29) is 6.61 Å². The fourth-order valence-corrected chi connectivity index (χ4v) is 2.72. The summed E-state index contributed by atoms with van der Waals surface area (Å²) in [7, 11) is 0. The highest BCUT2D eigenvalue weighted by Gasteiger charge is 2.07. The molecule has 0 aromatic heterocycles. The molecule has 6 heteroatoms. The molecule has 0 saturated heterocycles. The van der Waals surface area contributed by atoms with Gasteiger partial charge in [0, 0.05) is 24.0 Å². The van der Waals surface area contributed by atoms with Gasteiger partial charge in [-0.3, -0.25) is 5.32 Å². The lowest BCUT2D eigenvalue weighted by Gasteiger charge is -2.12. The Morgan fingerprint density at radius 2 is 1.93 bits per heavy atom. The molecule has 6 nitrogen and oxygen atoms in total. The number of anilines is 2. The first-order valence-corrected chi connectivity index (χ1v) is 10.1. The van der Waals surface area contributed by atoms with Crippen LogP contribution in [0.2, 0.25) is 0 Å². The van der Waals surface area contributed by atoms with Gasteiger partial charge >= 0.3 is 6.09 Å². The Bertz CT molecular complexity index is 891. The van der Waals surface area contributed by atoms with Crippen LogP contribution < -0.4 is 21.1 Å². The molecule has 2 aromatic rings. The molecule has 0 aliphatic rings. The molecule has 0 atom stereocenters. The van der Waals surface area contributed by atoms with Crippen molar-refractivity contribution in [3.63, 3.8) is 0 Å². The Hall–Kier alpha value is -3.25. The monoisotopic (exact) mass is 409 g/mol. The van der Waals surface area contributed by atoms with Gasteiger partial charge in [-0.1, -0.05) is 31.2 Å². The zero-order valence-electron chi connectivity index (χ0n) is 17.9. The maximum atomic E-state index is 12.1. The van der Waals surface area contributed by atoms with E-state index in [1.807, 2.05) is 62.4 Å². The van der Waals surface area contributed by atoms with E-state index in [1.165, 1.54) is 0 Å². The van der Waals surface area contributed by atoms with Crippen LogP contribution in [0.4, 0.5) is 16.2 Å². The zero-order valence-corrected chi connectivity index (χ0v) is 17.9. The van der Waals surface area contributed by atoms with Crippen molar-refractivity contribution in [3.05, 3.63) is 71.8 Å². The second-order valence-electron chi connectivity index (χ2n) is 6.73. The van der Waals surface area contributed by atoms with Crippen molar-refractivity contribution < 1.29 is 14.3 Å². The van der Waals surface area contributed by atoms with E-state index >= 15 is 0 Å². The quantitative estimate of drug-likeness (QED) is 0.269. The summed E-state index contributed by atoms with van der Waals surface area (Å²) in [6.07, 6.45) is 6.25. The van der Waals surface area contributed by atoms with Crippen LogP contribution in [0.3, 0.4) is 0 Å². The Kier molecular flexibility index (Phi) is 9.48. The number of hydrogen-bond acceptors (Lipinski definition) is 5. The number of benzene rings is 2. The lowest BCUT2D eigenvalue weighted by molar-refractivity contribution is 0.172. The van der Waals surface area contributed by atoms with Crippen LogP contribution >= 0.6 is 0 Å². The molecule has 0 heterocycles. The van der Waals surface area contributed by atoms with E-state index in [4.69, 9.17) is 15.2 Å². The minimum atomic E-state index is -0.521. The van der Waals surface area contributed by atoms with Gasteiger partial charge in [-0.2, -0.15) is 0 Å². The van der Waals surface area contributed by atoms with Gasteiger partial charge in [0.15, 0.2) is 0 Å². The SMILES string of the molecule is C/C=C\C(=C/C)COC(=O)Nc1cccc(Oc2ccc(N)c(CNCCC)c2)c1. The number of amides is 1. The van der Waals surface area contributed by atoms with Crippen LogP contribution in [-0.2, 0) is 11.3 Å². The van der Waals surface area contributed by atoms with Crippen LogP contribution in [0, 0.1) is 0 Å². The normalized spacial score (nSPS) is 11.5. The average Bonchev–Trinajstić information content (AvgIpc) is 2.73. The minimum Gasteiger partial charge on any atom is -0.457 e. The zero-order chi connectivity index (χ0) is 21.8. The molecule has 0 fully saturated rings. The van der Waals surface area contributed by atoms with E-state index in [0.717, 1.165) is 29.8 Å². The fraction of sp³-hybridized carbons (Fsp3) is 0.292. The number of nitrogens with one attached hydrogen (secondary N) is 2. The summed E-state index contributed by atoms with van der Waals surface area (Å²) in [6, 6.07) is 12.7. The number of carbonyl (C=O) groups is 1. The molecule has 160 valence electrons. The third kappa shape index (κ3) is 7.64. The molecule has 0 bridgehead atoms. The number of carbonyl (C=O) groups excluding carboxylic acids is 1. The molecule has 4 N–H and O–H groups in total. The van der Waals surface area contributed by atoms with Crippen molar-refractivity contribution in [1.29, 1.82) is 0 Å². The maximum Gasteiger partial charge on any atom is 0.411 e. The van der Waals surface area contributed by atoms with Crippen LogP contribution in [0.25, 0.3) is 0 Å². The second kappa shape index (κ2) is 12.3. The first-order chi connectivity index (χ1) is 14.5. The van der Waals surface area contributed by atoms with Crippen LogP contribution in [0.1, 0.15) is 32.8 Å². The lowest BCUT2D eigenvalue weighted by Crippen LogP contribution is -2.15. The van der Waals surface area contributed by atoms with Crippen LogP contribution in [-0.4, -0.2) is 19.2 Å². The molecule has 0 spiro atoms. The molecule has 0 saturated carbocycles. The predicted octanol–water partition coefficient (Wildman–Crippen LogP) is 5.63. The highest BCUT2D eigenvalue weighted by Crippen LogP contribution is 2.27. The number of allylic oxidation sites excluding steroid dienone is 2. The van der Waals surface area contributed by atoms with Gasteiger partial charge in [-0.05, 0) is 68.3 Å². The third-order valence-electron chi connectivity index (χ3n) is 4.29. The fourth-order valence-electron chi connectivity index (χ4n) is 2.72. The molecule has 0 aliphatic heterocycles. The van der Waals surface area contributed by atoms with Gasteiger partial charge in [0.1, 0.15) is 18.1 Å². The maximum absolute atomic E-state index is 12.1. The molecule has 1 amide bonds. The van der Waals surface area contributed by atoms with Crippen molar-refractivity contribution in [2.24, 2.45) is 0 Å². The van der Waals surface area contributed by atoms with E-state index in [1.54, 1.807) is 12.1 Å². The minimum absolute atomic E-state index is 0.211. The summed E-state index contributed by atoms with van der Waals surface area (Å²) < 4.78 is 11.2. The summed E-state index contributed by atoms with van der Waals surface area (Å²) in [6.45, 7) is 7.77. The van der Waals surface area contributed by atoms with Gasteiger partial charge in [0.25, 0.3) is 0 Å². The topological polar surface area (TPSA) is 85.6 Å². The van der Waals surface area contributed by atoms with Gasteiger partial charge < -0.3 is 20.5 Å². The van der Waals surface area contributed by atoms with Gasteiger partial charge in [-0.15, -0.1) is 0 Å². The summed E-state index contributed by atoms with van der Waals surface area (Å²) >= 11 is 0. The van der Waals surface area contributed by atoms with E-state index in [9.17, 15) is 4.79 Å². The van der Waals surface area contributed by atoms with Crippen molar-refractivity contribution in [2.45, 2.75) is 33.7 Å². The number of ether oxygens (including phenoxy) is 2. The average molecular weight is 410 g/mol. The molecule has 2 rings (SSSR count). The van der Waals surface area contributed by atoms with Crippen molar-refractivity contribution >= 4 is 17.5 Å². The highest BCUT2D eigenvalue weighted by molar-refractivity contribution is 5.85. The molecular weight excluding hydrogens is 378 g/mol. The smallest absolute Gasteiger partial charge is 0.411 e. The number of nitrogens with two attached hydrogens (primary N) is 1. The largest absolute Gasteiger partial charge is 0.457 e. The van der Waals surface area contributed by atoms with Crippen LogP contribution in [0.5, 0.6) is 11.5 Å². The molecule has 0 unspecified atom stereocenters. The number of nitrogen functional groups attached to an aromatic ring is 1. The standard InChI is InChI=1S/C24H31N3O3/c1-4-8-18(6-3)17-29-24(28)27-20-9-7-10-21(15-20)30-22-11-12-23(25)19(14-22)16-26-13-5-2/h4,6-12,14-15,26H,5,13,16-17,25H2,1-3H3,(H,27,28)/b8-4-,18-6+. The van der Waals surface area contributed by atoms with Gasteiger partial charge in [0.05, 0.1) is 0 Å². The summed E-state index contributed by atoms with van der Waals surface area (Å²) in [5, 5.41) is 6.06. The predicted molar refractivity (Wildman–Crippen MR) is 123 cm³/mol. The molecule has 2 aromatic carbocycles. The van der Waals surface area contributed by atoms with Crippen molar-refractivity contribution in [2.75, 3.05) is 24.2 Å². The van der Waals surface area contributed by atoms with E-state index < -0.39 is 6.09 Å². The third-order valence-corrected chi connectivity index (χ3v) is 4.29. The number of hydrogen-bond donors (Lipinski definition) is 3. The molecule has 0 radical (unpaired) electrons. The lowest BCUT2D eigenvalue weighted by atomic mass is 10.1. The second-order valence-corrected chi connectivity index (χ2v) is 6.73.